The normalized spacial score (nSPS) is 27.7. The zero-order valence-electron chi connectivity index (χ0n) is 8.21. The van der Waals surface area contributed by atoms with Crippen molar-refractivity contribution < 1.29 is 14.3 Å². The van der Waals surface area contributed by atoms with Gasteiger partial charge in [-0.3, -0.25) is 9.59 Å². The molecule has 1 rings (SSSR count). The summed E-state index contributed by atoms with van der Waals surface area (Å²) >= 11 is 0. The Bertz CT molecular complexity index is 210. The lowest BCUT2D eigenvalue weighted by molar-refractivity contribution is -0.148. The molecule has 0 amide bonds. The van der Waals surface area contributed by atoms with E-state index in [1.54, 1.807) is 0 Å². The predicted molar refractivity (Wildman–Crippen MR) is 48.2 cm³/mol. The highest BCUT2D eigenvalue weighted by Crippen LogP contribution is 2.29. The quantitative estimate of drug-likeness (QED) is 0.627. The molecule has 0 saturated heterocycles. The van der Waals surface area contributed by atoms with E-state index in [2.05, 4.69) is 6.92 Å². The third-order valence-electron chi connectivity index (χ3n) is 2.42. The van der Waals surface area contributed by atoms with Crippen molar-refractivity contribution in [3.8, 4) is 0 Å². The molecule has 0 aromatic carbocycles. The molecule has 1 fully saturated rings. The molecule has 1 aliphatic carbocycles. The van der Waals surface area contributed by atoms with E-state index < -0.39 is 0 Å². The molecule has 0 aliphatic heterocycles. The predicted octanol–water partition coefficient (Wildman–Crippen LogP) is 1.70. The molecule has 0 radical (unpaired) electrons. The molecule has 0 bridgehead atoms. The molecule has 0 spiro atoms. The summed E-state index contributed by atoms with van der Waals surface area (Å²) in [4.78, 5) is 21.9. The number of Topliss-reactive ketones (excluding diaryl/α,β-unsaturated/α-hetero) is 1. The second-order valence-electron chi connectivity index (χ2n) is 3.64. The van der Waals surface area contributed by atoms with Crippen LogP contribution >= 0.6 is 0 Å². The van der Waals surface area contributed by atoms with Crippen LogP contribution in [0, 0.1) is 5.92 Å². The van der Waals surface area contributed by atoms with E-state index in [9.17, 15) is 9.59 Å². The molecule has 0 unspecified atom stereocenters. The Morgan fingerprint density at radius 3 is 2.77 bits per heavy atom. The van der Waals surface area contributed by atoms with E-state index in [0.29, 0.717) is 12.8 Å². The number of hydrogen-bond donors (Lipinski definition) is 0. The summed E-state index contributed by atoms with van der Waals surface area (Å²) in [7, 11) is 0. The van der Waals surface area contributed by atoms with Crippen LogP contribution in [0.2, 0.25) is 0 Å². The van der Waals surface area contributed by atoms with Gasteiger partial charge in [-0.05, 0) is 6.42 Å². The van der Waals surface area contributed by atoms with Crippen LogP contribution < -0.4 is 0 Å². The Labute approximate surface area is 78.5 Å². The number of carbonyl (C=O) groups is 2. The van der Waals surface area contributed by atoms with Crippen LogP contribution in [0.3, 0.4) is 0 Å². The molecule has 1 aliphatic rings. The molecule has 13 heavy (non-hydrogen) atoms. The molecule has 74 valence electrons. The largest absolute Gasteiger partial charge is 0.462 e. The third kappa shape index (κ3) is 2.83. The number of esters is 1. The second-order valence-corrected chi connectivity index (χ2v) is 3.64. The van der Waals surface area contributed by atoms with Crippen LogP contribution in [0.25, 0.3) is 0 Å². The zero-order valence-corrected chi connectivity index (χ0v) is 8.21. The summed E-state index contributed by atoms with van der Waals surface area (Å²) in [5, 5.41) is 0. The van der Waals surface area contributed by atoms with Gasteiger partial charge < -0.3 is 4.74 Å². The molecule has 0 heterocycles. The van der Waals surface area contributed by atoms with Gasteiger partial charge in [0.05, 0.1) is 0 Å². The maximum absolute atomic E-state index is 11.1. The van der Waals surface area contributed by atoms with E-state index >= 15 is 0 Å². The van der Waals surface area contributed by atoms with Gasteiger partial charge >= 0.3 is 5.97 Å². The van der Waals surface area contributed by atoms with Gasteiger partial charge in [0.15, 0.2) is 0 Å². The van der Waals surface area contributed by atoms with Crippen molar-refractivity contribution in [3.05, 3.63) is 0 Å². The van der Waals surface area contributed by atoms with Crippen LogP contribution in [0.4, 0.5) is 0 Å². The standard InChI is InChI=1S/C10H16O3/c1-3-4-8-5-9(12)6-10(8)13-7(2)11/h8,10H,3-6H2,1-2H3/t8-,10-/m1/s1. The molecular weight excluding hydrogens is 168 g/mol. The summed E-state index contributed by atoms with van der Waals surface area (Å²) in [6.07, 6.45) is 2.88. The smallest absolute Gasteiger partial charge is 0.302 e. The average Bonchev–Trinajstić information content (AvgIpc) is 2.31. The minimum absolute atomic E-state index is 0.148. The molecule has 0 aromatic rings. The summed E-state index contributed by atoms with van der Waals surface area (Å²) in [6.45, 7) is 3.47. The highest BCUT2D eigenvalue weighted by atomic mass is 16.5. The lowest BCUT2D eigenvalue weighted by atomic mass is 10.0. The summed E-state index contributed by atoms with van der Waals surface area (Å²) in [5.41, 5.74) is 0. The van der Waals surface area contributed by atoms with Gasteiger partial charge in [0, 0.05) is 25.7 Å². The van der Waals surface area contributed by atoms with Gasteiger partial charge in [-0.2, -0.15) is 0 Å². The Kier molecular flexibility index (Phi) is 3.46. The van der Waals surface area contributed by atoms with Gasteiger partial charge in [-0.25, -0.2) is 0 Å². The molecule has 0 aromatic heterocycles. The van der Waals surface area contributed by atoms with Crippen molar-refractivity contribution in [2.45, 2.75) is 45.6 Å². The molecule has 3 heteroatoms. The first-order chi connectivity index (χ1) is 6.13. The van der Waals surface area contributed by atoms with E-state index in [0.717, 1.165) is 12.8 Å². The van der Waals surface area contributed by atoms with Gasteiger partial charge in [0.25, 0.3) is 0 Å². The van der Waals surface area contributed by atoms with Crippen LogP contribution in [-0.4, -0.2) is 17.9 Å². The van der Waals surface area contributed by atoms with E-state index in [1.807, 2.05) is 0 Å². The molecule has 1 saturated carbocycles. The van der Waals surface area contributed by atoms with E-state index in [4.69, 9.17) is 4.74 Å². The fraction of sp³-hybridized carbons (Fsp3) is 0.800. The number of rotatable bonds is 3. The fourth-order valence-electron chi connectivity index (χ4n) is 1.91. The monoisotopic (exact) mass is 184 g/mol. The van der Waals surface area contributed by atoms with Gasteiger partial charge in [-0.15, -0.1) is 0 Å². The van der Waals surface area contributed by atoms with Gasteiger partial charge in [-0.1, -0.05) is 13.3 Å². The number of ether oxygens (including phenoxy) is 1. The molecule has 2 atom stereocenters. The van der Waals surface area contributed by atoms with Crippen molar-refractivity contribution in [2.75, 3.05) is 0 Å². The Morgan fingerprint density at radius 2 is 2.23 bits per heavy atom. The third-order valence-corrected chi connectivity index (χ3v) is 2.42. The lowest BCUT2D eigenvalue weighted by Crippen LogP contribution is -2.20. The zero-order chi connectivity index (χ0) is 9.84. The van der Waals surface area contributed by atoms with Gasteiger partial charge in [0.2, 0.25) is 0 Å². The van der Waals surface area contributed by atoms with Crippen molar-refractivity contribution in [1.29, 1.82) is 0 Å². The first-order valence-corrected chi connectivity index (χ1v) is 4.82. The first-order valence-electron chi connectivity index (χ1n) is 4.82. The number of hydrogen-bond acceptors (Lipinski definition) is 3. The molecular formula is C10H16O3. The van der Waals surface area contributed by atoms with Gasteiger partial charge in [0.1, 0.15) is 11.9 Å². The van der Waals surface area contributed by atoms with E-state index in [-0.39, 0.29) is 23.8 Å². The summed E-state index contributed by atoms with van der Waals surface area (Å²) in [5.74, 6) is 0.215. The minimum atomic E-state index is -0.277. The van der Waals surface area contributed by atoms with E-state index in [1.165, 1.54) is 6.92 Å². The highest BCUT2D eigenvalue weighted by Gasteiger charge is 2.34. The molecule has 3 nitrogen and oxygen atoms in total. The second kappa shape index (κ2) is 4.40. The SMILES string of the molecule is CCC[C@@H]1CC(=O)C[C@H]1OC(C)=O. The maximum atomic E-state index is 11.1. The van der Waals surface area contributed by atoms with Crippen molar-refractivity contribution >= 4 is 11.8 Å². The maximum Gasteiger partial charge on any atom is 0.302 e. The van der Waals surface area contributed by atoms with Crippen molar-refractivity contribution in [2.24, 2.45) is 5.92 Å². The molecule has 0 N–H and O–H groups in total. The Balaban J connectivity index is 2.49. The summed E-state index contributed by atoms with van der Waals surface area (Å²) in [6, 6.07) is 0. The Hall–Kier alpha value is -0.860. The van der Waals surface area contributed by atoms with Crippen molar-refractivity contribution in [3.63, 3.8) is 0 Å². The van der Waals surface area contributed by atoms with Crippen LogP contribution in [0.15, 0.2) is 0 Å². The first kappa shape index (κ1) is 10.2. The highest BCUT2D eigenvalue weighted by molar-refractivity contribution is 5.82. The fourth-order valence-corrected chi connectivity index (χ4v) is 1.91. The topological polar surface area (TPSA) is 43.4 Å². The van der Waals surface area contributed by atoms with Crippen LogP contribution in [-0.2, 0) is 14.3 Å². The minimum Gasteiger partial charge on any atom is -0.462 e. The number of carbonyl (C=O) groups excluding carboxylic acids is 2. The van der Waals surface area contributed by atoms with Crippen LogP contribution in [0.1, 0.15) is 39.5 Å². The van der Waals surface area contributed by atoms with Crippen LogP contribution in [0.5, 0.6) is 0 Å². The summed E-state index contributed by atoms with van der Waals surface area (Å²) < 4.78 is 5.09. The van der Waals surface area contributed by atoms with Crippen molar-refractivity contribution in [1.82, 2.24) is 0 Å². The number of ketones is 1. The Morgan fingerprint density at radius 1 is 1.54 bits per heavy atom. The lowest BCUT2D eigenvalue weighted by Gasteiger charge is -2.17. The average molecular weight is 184 g/mol.